The van der Waals surface area contributed by atoms with E-state index in [0.717, 1.165) is 0 Å². The number of aromatic nitrogens is 2. The van der Waals surface area contributed by atoms with Crippen LogP contribution in [0.3, 0.4) is 0 Å². The van der Waals surface area contributed by atoms with Crippen LogP contribution in [-0.2, 0) is 7.05 Å². The van der Waals surface area contributed by atoms with Crippen molar-refractivity contribution >= 4 is 10.9 Å². The van der Waals surface area contributed by atoms with Crippen molar-refractivity contribution in [1.29, 1.82) is 0 Å². The highest BCUT2D eigenvalue weighted by atomic mass is 16.5. The maximum absolute atomic E-state index is 11.7. The lowest BCUT2D eigenvalue weighted by Crippen LogP contribution is -2.16. The van der Waals surface area contributed by atoms with Gasteiger partial charge >= 0.3 is 0 Å². The number of fused-ring (bicyclic) bond motifs is 1. The van der Waals surface area contributed by atoms with E-state index < -0.39 is 0 Å². The molecule has 0 radical (unpaired) electrons. The van der Waals surface area contributed by atoms with Gasteiger partial charge in [0.2, 0.25) is 0 Å². The second-order valence-corrected chi connectivity index (χ2v) is 3.04. The molecule has 0 amide bonds. The Labute approximate surface area is 80.8 Å². The third-order valence-electron chi connectivity index (χ3n) is 2.12. The third kappa shape index (κ3) is 1.25. The predicted octanol–water partition coefficient (Wildman–Crippen LogP) is 0.942. The second kappa shape index (κ2) is 3.14. The highest BCUT2D eigenvalue weighted by Gasteiger charge is 2.02. The third-order valence-corrected chi connectivity index (χ3v) is 2.12. The molecule has 0 aliphatic heterocycles. The van der Waals surface area contributed by atoms with Crippen molar-refractivity contribution < 1.29 is 4.74 Å². The summed E-state index contributed by atoms with van der Waals surface area (Å²) in [6.07, 6.45) is 1.51. The highest BCUT2D eigenvalue weighted by Crippen LogP contribution is 2.15. The molecule has 0 spiro atoms. The van der Waals surface area contributed by atoms with Crippen LogP contribution in [0.25, 0.3) is 10.9 Å². The van der Waals surface area contributed by atoms with Gasteiger partial charge in [0.1, 0.15) is 5.75 Å². The van der Waals surface area contributed by atoms with E-state index in [1.54, 1.807) is 32.4 Å². The van der Waals surface area contributed by atoms with Crippen LogP contribution in [0.15, 0.2) is 29.3 Å². The molecule has 0 fully saturated rings. The minimum Gasteiger partial charge on any atom is -0.497 e. The summed E-state index contributed by atoms with van der Waals surface area (Å²) in [5.74, 6) is 0.669. The van der Waals surface area contributed by atoms with Crippen molar-refractivity contribution in [3.8, 4) is 5.75 Å². The number of nitrogens with zero attached hydrogens (tertiary/aromatic N) is 2. The normalized spacial score (nSPS) is 10.4. The number of hydrogen-bond donors (Lipinski definition) is 0. The molecule has 2 rings (SSSR count). The minimum absolute atomic E-state index is 0.0612. The molecule has 2 aromatic rings. The molecular formula is C10H10N2O2. The topological polar surface area (TPSA) is 44.1 Å². The average molecular weight is 190 g/mol. The van der Waals surface area contributed by atoms with Gasteiger partial charge in [-0.3, -0.25) is 4.79 Å². The maximum Gasteiger partial charge on any atom is 0.261 e. The molecule has 72 valence electrons. The monoisotopic (exact) mass is 190 g/mol. The molecule has 1 heterocycles. The van der Waals surface area contributed by atoms with Crippen LogP contribution in [-0.4, -0.2) is 16.7 Å². The van der Waals surface area contributed by atoms with Crippen molar-refractivity contribution in [2.75, 3.05) is 7.11 Å². The van der Waals surface area contributed by atoms with Crippen molar-refractivity contribution in [3.05, 3.63) is 34.9 Å². The highest BCUT2D eigenvalue weighted by molar-refractivity contribution is 5.78. The summed E-state index contributed by atoms with van der Waals surface area (Å²) in [6.45, 7) is 0. The number of rotatable bonds is 1. The van der Waals surface area contributed by atoms with E-state index in [-0.39, 0.29) is 5.56 Å². The van der Waals surface area contributed by atoms with Gasteiger partial charge in [0.15, 0.2) is 0 Å². The molecule has 14 heavy (non-hydrogen) atoms. The van der Waals surface area contributed by atoms with Gasteiger partial charge in [0.05, 0.1) is 24.3 Å². The van der Waals surface area contributed by atoms with Gasteiger partial charge in [-0.25, -0.2) is 4.98 Å². The Kier molecular flexibility index (Phi) is 1.96. The summed E-state index contributed by atoms with van der Waals surface area (Å²) in [4.78, 5) is 15.8. The lowest BCUT2D eigenvalue weighted by molar-refractivity contribution is 0.415. The Bertz CT molecular complexity index is 531. The predicted molar refractivity (Wildman–Crippen MR) is 53.5 cm³/mol. The van der Waals surface area contributed by atoms with Crippen LogP contribution >= 0.6 is 0 Å². The Hall–Kier alpha value is -1.84. The van der Waals surface area contributed by atoms with E-state index in [4.69, 9.17) is 4.74 Å². The molecule has 0 unspecified atom stereocenters. The first-order valence-electron chi connectivity index (χ1n) is 4.22. The molecule has 1 aromatic carbocycles. The molecular weight excluding hydrogens is 180 g/mol. The molecule has 0 N–H and O–H groups in total. The summed E-state index contributed by atoms with van der Waals surface area (Å²) in [5, 5.41) is 0.578. The zero-order valence-electron chi connectivity index (χ0n) is 8.02. The molecule has 0 atom stereocenters. The lowest BCUT2D eigenvalue weighted by Gasteiger charge is -2.02. The maximum atomic E-state index is 11.7. The van der Waals surface area contributed by atoms with Crippen LogP contribution in [0.5, 0.6) is 5.75 Å². The fourth-order valence-corrected chi connectivity index (χ4v) is 1.32. The van der Waals surface area contributed by atoms with Gasteiger partial charge in [-0.05, 0) is 18.2 Å². The van der Waals surface area contributed by atoms with Crippen LogP contribution in [0.2, 0.25) is 0 Å². The summed E-state index contributed by atoms with van der Waals surface area (Å²) < 4.78 is 6.49. The van der Waals surface area contributed by atoms with Crippen molar-refractivity contribution in [2.45, 2.75) is 0 Å². The molecule has 1 aromatic heterocycles. The fourth-order valence-electron chi connectivity index (χ4n) is 1.32. The molecule has 0 aliphatic rings. The first-order valence-corrected chi connectivity index (χ1v) is 4.22. The summed E-state index contributed by atoms with van der Waals surface area (Å²) in [5.41, 5.74) is 0.628. The van der Waals surface area contributed by atoms with Crippen molar-refractivity contribution in [3.63, 3.8) is 0 Å². The van der Waals surface area contributed by atoms with E-state index in [1.807, 2.05) is 0 Å². The van der Waals surface area contributed by atoms with Gasteiger partial charge in [-0.2, -0.15) is 0 Å². The average Bonchev–Trinajstić information content (AvgIpc) is 2.23. The van der Waals surface area contributed by atoms with Gasteiger partial charge in [-0.1, -0.05) is 0 Å². The molecule has 4 nitrogen and oxygen atoms in total. The van der Waals surface area contributed by atoms with Gasteiger partial charge in [0.25, 0.3) is 5.56 Å². The first-order chi connectivity index (χ1) is 6.72. The number of hydrogen-bond acceptors (Lipinski definition) is 3. The largest absolute Gasteiger partial charge is 0.497 e. The smallest absolute Gasteiger partial charge is 0.261 e. The number of aryl methyl sites for hydroxylation is 1. The molecule has 0 saturated heterocycles. The van der Waals surface area contributed by atoms with Crippen LogP contribution in [0.4, 0.5) is 0 Å². The van der Waals surface area contributed by atoms with Gasteiger partial charge < -0.3 is 9.30 Å². The van der Waals surface area contributed by atoms with Crippen LogP contribution in [0, 0.1) is 0 Å². The molecule has 4 heteroatoms. The Balaban J connectivity index is 2.85. The second-order valence-electron chi connectivity index (χ2n) is 3.04. The Morgan fingerprint density at radius 2 is 2.21 bits per heavy atom. The quantitative estimate of drug-likeness (QED) is 0.672. The zero-order chi connectivity index (χ0) is 10.1. The summed E-state index contributed by atoms with van der Waals surface area (Å²) in [7, 11) is 3.25. The summed E-state index contributed by atoms with van der Waals surface area (Å²) in [6, 6.07) is 5.26. The van der Waals surface area contributed by atoms with Crippen LogP contribution < -0.4 is 10.3 Å². The van der Waals surface area contributed by atoms with Gasteiger partial charge in [-0.15, -0.1) is 0 Å². The van der Waals surface area contributed by atoms with Gasteiger partial charge in [0, 0.05) is 7.05 Å². The SMILES string of the molecule is COc1ccc2ncn(C)c(=O)c2c1. The van der Waals surface area contributed by atoms with E-state index in [2.05, 4.69) is 4.98 Å². The Morgan fingerprint density at radius 3 is 2.93 bits per heavy atom. The lowest BCUT2D eigenvalue weighted by atomic mass is 10.2. The van der Waals surface area contributed by atoms with E-state index in [1.165, 1.54) is 10.9 Å². The number of methoxy groups -OCH3 is 1. The fraction of sp³-hybridized carbons (Fsp3) is 0.200. The first kappa shape index (κ1) is 8.74. The molecule has 0 bridgehead atoms. The van der Waals surface area contributed by atoms with E-state index >= 15 is 0 Å². The number of benzene rings is 1. The molecule has 0 saturated carbocycles. The van der Waals surface area contributed by atoms with Crippen molar-refractivity contribution in [2.24, 2.45) is 7.05 Å². The zero-order valence-corrected chi connectivity index (χ0v) is 8.02. The molecule has 0 aliphatic carbocycles. The Morgan fingerprint density at radius 1 is 1.43 bits per heavy atom. The van der Waals surface area contributed by atoms with Crippen molar-refractivity contribution in [1.82, 2.24) is 9.55 Å². The number of ether oxygens (including phenoxy) is 1. The van der Waals surface area contributed by atoms with E-state index in [0.29, 0.717) is 16.7 Å². The summed E-state index contributed by atoms with van der Waals surface area (Å²) >= 11 is 0. The van der Waals surface area contributed by atoms with E-state index in [9.17, 15) is 4.79 Å². The standard InChI is InChI=1S/C10H10N2O2/c1-12-6-11-9-4-3-7(14-2)5-8(9)10(12)13/h3-6H,1-2H3. The minimum atomic E-state index is -0.0612. The van der Waals surface area contributed by atoms with Crippen LogP contribution in [0.1, 0.15) is 0 Å².